The predicted octanol–water partition coefficient (Wildman–Crippen LogP) is 0.371. The molecule has 0 fully saturated rings. The molecule has 8 N–H and O–H groups in total. The zero-order valence-corrected chi connectivity index (χ0v) is 7.35. The molecule has 0 saturated carbocycles. The molecule has 0 bridgehead atoms. The van der Waals surface area contributed by atoms with Crippen LogP contribution in [0.3, 0.4) is 0 Å². The van der Waals surface area contributed by atoms with Crippen LogP contribution in [-0.4, -0.2) is 0 Å². The number of rotatable bonds is 0. The van der Waals surface area contributed by atoms with Crippen LogP contribution < -0.4 is 12.4 Å². The molecule has 0 saturated heterocycles. The largest absolute Gasteiger partial charge is 3.00 e. The number of nitrogens with two attached hydrogens (primary N) is 4. The molecule has 0 aromatic carbocycles. The summed E-state index contributed by atoms with van der Waals surface area (Å²) >= 11 is 0. The van der Waals surface area contributed by atoms with Crippen molar-refractivity contribution in [2.75, 3.05) is 0 Å². The Hall–Kier alpha value is -0.564. The molecule has 0 amide bonds. The van der Waals surface area contributed by atoms with E-state index in [4.69, 9.17) is 20.2 Å². The third-order valence-electron chi connectivity index (χ3n) is 0. The summed E-state index contributed by atoms with van der Waals surface area (Å²) in [7, 11) is 0. The summed E-state index contributed by atoms with van der Waals surface area (Å²) in [5.41, 5.74) is 0. The molecule has 0 heterocycles. The second-order valence-electron chi connectivity index (χ2n) is 0.149. The van der Waals surface area contributed by atoms with Crippen molar-refractivity contribution in [3.05, 3.63) is 44.8 Å². The first-order valence-electron chi connectivity index (χ1n) is 0.730. The van der Waals surface area contributed by atoms with E-state index in [1.165, 1.54) is 0 Å². The van der Waals surface area contributed by atoms with Gasteiger partial charge in [-0.05, 0) is 0 Å². The maximum absolute atomic E-state index is 8.00. The van der Waals surface area contributed by atoms with Crippen LogP contribution in [0.4, 0.5) is 0 Å². The fourth-order valence-electron chi connectivity index (χ4n) is 0. The zero-order chi connectivity index (χ0) is 5.41. The van der Waals surface area contributed by atoms with Gasteiger partial charge in [0.05, 0.1) is 0 Å². The van der Waals surface area contributed by atoms with E-state index in [1.54, 1.807) is 0 Å². The van der Waals surface area contributed by atoms with Crippen LogP contribution in [0.2, 0.25) is 0 Å². The smallest absolute Gasteiger partial charge is 1.00 e. The Kier molecular flexibility index (Phi) is 3960. The number of halogens is 1. The fourth-order valence-corrected chi connectivity index (χ4v) is 0. The SMILES string of the molecule is O=N[O-].O=N[O-].[Cl-].[Co+3].[NH2-].[NH2-].[NH2-].[NH2-]. The van der Waals surface area contributed by atoms with Gasteiger partial charge in [0.2, 0.25) is 0 Å². The summed E-state index contributed by atoms with van der Waals surface area (Å²) in [4.78, 5) is 16.0. The van der Waals surface area contributed by atoms with Gasteiger partial charge in [0.15, 0.2) is 0 Å². The molecule has 82 valence electrons. The van der Waals surface area contributed by atoms with Gasteiger partial charge in [-0.3, -0.25) is 0 Å². The van der Waals surface area contributed by atoms with Gasteiger partial charge in [-0.1, -0.05) is 0 Å². The Morgan fingerprint density at radius 3 is 0.750 bits per heavy atom. The minimum absolute atomic E-state index is 0. The topological polar surface area (TPSA) is 239 Å². The molecule has 10 nitrogen and oxygen atoms in total. The zero-order valence-electron chi connectivity index (χ0n) is 5.55. The molecule has 0 aromatic rings. The molecule has 0 spiro atoms. The van der Waals surface area contributed by atoms with Crippen LogP contribution in [0.25, 0.3) is 24.6 Å². The minimum atomic E-state index is 0. The molecule has 0 rings (SSSR count). The average Bonchev–Trinajstić information content (AvgIpc) is 1.39. The van der Waals surface area contributed by atoms with Gasteiger partial charge in [-0.2, -0.15) is 0 Å². The van der Waals surface area contributed by atoms with Crippen molar-refractivity contribution in [3.63, 3.8) is 0 Å². The average molecular weight is 250 g/mol. The molecular formula is H8ClCoN6O4-4. The van der Waals surface area contributed by atoms with E-state index in [0.29, 0.717) is 0 Å². The van der Waals surface area contributed by atoms with Crippen molar-refractivity contribution in [1.82, 2.24) is 0 Å². The van der Waals surface area contributed by atoms with Crippen molar-refractivity contribution >= 4 is 0 Å². The van der Waals surface area contributed by atoms with Gasteiger partial charge in [0, 0.05) is 0 Å². The van der Waals surface area contributed by atoms with Crippen molar-refractivity contribution < 1.29 is 29.2 Å². The summed E-state index contributed by atoms with van der Waals surface area (Å²) in [6, 6.07) is 0. The monoisotopic (exact) mass is 250 g/mol. The molecule has 0 aliphatic heterocycles. The van der Waals surface area contributed by atoms with Crippen LogP contribution in [0.1, 0.15) is 0 Å². The van der Waals surface area contributed by atoms with Gasteiger partial charge >= 0.3 is 16.8 Å². The van der Waals surface area contributed by atoms with Gasteiger partial charge < -0.3 is 57.2 Å². The predicted molar refractivity (Wildman–Crippen MR) is 39.5 cm³/mol. The van der Waals surface area contributed by atoms with E-state index in [1.807, 2.05) is 0 Å². The van der Waals surface area contributed by atoms with E-state index < -0.39 is 0 Å². The van der Waals surface area contributed by atoms with Crippen LogP contribution in [0, 0.1) is 20.2 Å². The van der Waals surface area contributed by atoms with Crippen LogP contribution in [-0.2, 0) is 16.8 Å². The molecule has 0 aliphatic rings. The molecule has 0 atom stereocenters. The first-order chi connectivity index (χ1) is 2.83. The molecule has 0 aliphatic carbocycles. The standard InChI is InChI=1S/ClH.Co.2HNO2.4H2N/c;;2*2-1-3;;;;/h1H;;2*(H,2,3);4*1H2/q;+3;;;4*-1/p-3. The van der Waals surface area contributed by atoms with Gasteiger partial charge in [-0.25, -0.2) is 0 Å². The molecule has 12 heavy (non-hydrogen) atoms. The summed E-state index contributed by atoms with van der Waals surface area (Å²) in [5, 5.41) is 18.0. The molecule has 0 radical (unpaired) electrons. The van der Waals surface area contributed by atoms with Crippen LogP contribution in [0.5, 0.6) is 0 Å². The summed E-state index contributed by atoms with van der Waals surface area (Å²) in [6.45, 7) is 0. The van der Waals surface area contributed by atoms with Gasteiger partial charge in [-0.15, -0.1) is 10.7 Å². The maximum atomic E-state index is 8.00. The van der Waals surface area contributed by atoms with E-state index in [9.17, 15) is 0 Å². The van der Waals surface area contributed by atoms with Crippen molar-refractivity contribution in [1.29, 1.82) is 0 Å². The third kappa shape index (κ3) is 2120. The Morgan fingerprint density at radius 1 is 0.750 bits per heavy atom. The normalized spacial score (nSPS) is 2.00. The minimum Gasteiger partial charge on any atom is -1.00 e. The number of nitrogens with zero attached hydrogens (tertiary/aromatic N) is 2. The Balaban J connectivity index is -0.00000000296. The molecule has 12 heteroatoms. The molecule has 0 unspecified atom stereocenters. The number of hydrogen-bond acceptors (Lipinski definition) is 6. The first-order valence-corrected chi connectivity index (χ1v) is 0.730. The van der Waals surface area contributed by atoms with Gasteiger partial charge in [0.25, 0.3) is 0 Å². The Morgan fingerprint density at radius 2 is 0.750 bits per heavy atom. The molecule has 0 aromatic heterocycles. The van der Waals surface area contributed by atoms with E-state index in [2.05, 4.69) is 0 Å². The fraction of sp³-hybridized carbons (Fsp3) is 0. The molecular weight excluding hydrogens is 242 g/mol. The van der Waals surface area contributed by atoms with Crippen LogP contribution >= 0.6 is 0 Å². The maximum Gasteiger partial charge on any atom is 3.00 e. The Labute approximate surface area is 85.3 Å². The van der Waals surface area contributed by atoms with E-state index in [0.717, 1.165) is 10.7 Å². The Bertz CT molecular complexity index is 40.5. The van der Waals surface area contributed by atoms with Crippen LogP contribution in [0.15, 0.2) is 10.7 Å². The third-order valence-corrected chi connectivity index (χ3v) is 0. The summed E-state index contributed by atoms with van der Waals surface area (Å²) in [6.07, 6.45) is 0. The summed E-state index contributed by atoms with van der Waals surface area (Å²) < 4.78 is 0. The van der Waals surface area contributed by atoms with E-state index in [-0.39, 0.29) is 53.8 Å². The van der Waals surface area contributed by atoms with Crippen molar-refractivity contribution in [3.8, 4) is 0 Å². The van der Waals surface area contributed by atoms with Crippen molar-refractivity contribution in [2.24, 2.45) is 10.7 Å². The van der Waals surface area contributed by atoms with Crippen molar-refractivity contribution in [2.45, 2.75) is 0 Å². The second kappa shape index (κ2) is 450. The quantitative estimate of drug-likeness (QED) is 0.436. The second-order valence-corrected chi connectivity index (χ2v) is 0.149. The van der Waals surface area contributed by atoms with Gasteiger partial charge in [0.1, 0.15) is 0 Å². The van der Waals surface area contributed by atoms with E-state index >= 15 is 0 Å². The number of hydrogen-bond donors (Lipinski definition) is 0. The summed E-state index contributed by atoms with van der Waals surface area (Å²) in [5.74, 6) is 0. The first kappa shape index (κ1) is 105.